The standard InChI is InChI=1S/C22H20N4O2/c1-3-28-17-10-8-16(9-11-17)24-22-25-20-19(21(27)26-22)18(12-13-23-20)15-6-4-14(2)5-7-15/h4-13H,3H2,1-2H3,(H2,23,24,25,26,27). The molecular formula is C22H20N4O2. The van der Waals surface area contributed by atoms with E-state index in [9.17, 15) is 4.79 Å². The van der Waals surface area contributed by atoms with Crippen molar-refractivity contribution in [1.29, 1.82) is 0 Å². The van der Waals surface area contributed by atoms with E-state index >= 15 is 0 Å². The highest BCUT2D eigenvalue weighted by Gasteiger charge is 2.11. The van der Waals surface area contributed by atoms with Crippen LogP contribution in [-0.2, 0) is 0 Å². The number of aromatic nitrogens is 3. The number of hydrogen-bond donors (Lipinski definition) is 2. The Morgan fingerprint density at radius 2 is 1.79 bits per heavy atom. The van der Waals surface area contributed by atoms with E-state index in [0.29, 0.717) is 23.6 Å². The summed E-state index contributed by atoms with van der Waals surface area (Å²) in [5.41, 5.74) is 3.89. The van der Waals surface area contributed by atoms with Gasteiger partial charge in [-0.3, -0.25) is 9.78 Å². The minimum Gasteiger partial charge on any atom is -0.494 e. The Kier molecular flexibility index (Phi) is 4.76. The summed E-state index contributed by atoms with van der Waals surface area (Å²) in [5.74, 6) is 1.13. The predicted molar refractivity (Wildman–Crippen MR) is 111 cm³/mol. The van der Waals surface area contributed by atoms with E-state index in [0.717, 1.165) is 28.1 Å². The molecule has 0 saturated carbocycles. The molecule has 6 heteroatoms. The highest BCUT2D eigenvalue weighted by Crippen LogP contribution is 2.25. The summed E-state index contributed by atoms with van der Waals surface area (Å²) < 4.78 is 5.44. The second-order valence-electron chi connectivity index (χ2n) is 6.42. The van der Waals surface area contributed by atoms with Gasteiger partial charge in [-0.05, 0) is 55.3 Å². The summed E-state index contributed by atoms with van der Waals surface area (Å²) in [4.78, 5) is 24.4. The van der Waals surface area contributed by atoms with E-state index in [2.05, 4.69) is 20.3 Å². The van der Waals surface area contributed by atoms with Gasteiger partial charge in [0, 0.05) is 11.9 Å². The van der Waals surface area contributed by atoms with Gasteiger partial charge in [0.15, 0.2) is 5.65 Å². The molecule has 0 amide bonds. The number of benzene rings is 2. The number of hydrogen-bond acceptors (Lipinski definition) is 5. The molecule has 0 saturated heterocycles. The van der Waals surface area contributed by atoms with Gasteiger partial charge >= 0.3 is 0 Å². The fourth-order valence-corrected chi connectivity index (χ4v) is 3.03. The van der Waals surface area contributed by atoms with Crippen LogP contribution in [0.25, 0.3) is 22.2 Å². The molecule has 6 nitrogen and oxygen atoms in total. The van der Waals surface area contributed by atoms with Gasteiger partial charge in [-0.15, -0.1) is 0 Å². The molecule has 0 radical (unpaired) electrons. The van der Waals surface area contributed by atoms with E-state index in [4.69, 9.17) is 4.74 Å². The first-order chi connectivity index (χ1) is 13.6. The van der Waals surface area contributed by atoms with Crippen LogP contribution in [0.5, 0.6) is 5.75 Å². The molecule has 0 atom stereocenters. The lowest BCUT2D eigenvalue weighted by Crippen LogP contribution is -2.13. The van der Waals surface area contributed by atoms with Crippen molar-refractivity contribution in [3.63, 3.8) is 0 Å². The van der Waals surface area contributed by atoms with Crippen molar-refractivity contribution in [1.82, 2.24) is 15.0 Å². The summed E-state index contributed by atoms with van der Waals surface area (Å²) in [6.07, 6.45) is 1.67. The second kappa shape index (κ2) is 7.52. The SMILES string of the molecule is CCOc1ccc(Nc2nc3nccc(-c4ccc(C)cc4)c3c(=O)[nH]2)cc1. The molecule has 0 bridgehead atoms. The van der Waals surface area contributed by atoms with Crippen molar-refractivity contribution in [2.45, 2.75) is 13.8 Å². The average molecular weight is 372 g/mol. The molecule has 0 aliphatic heterocycles. The fourth-order valence-electron chi connectivity index (χ4n) is 3.03. The fraction of sp³-hybridized carbons (Fsp3) is 0.136. The molecule has 4 rings (SSSR count). The molecule has 140 valence electrons. The number of aryl methyl sites for hydroxylation is 1. The lowest BCUT2D eigenvalue weighted by Gasteiger charge is -2.09. The maximum absolute atomic E-state index is 12.8. The van der Waals surface area contributed by atoms with Crippen LogP contribution in [-0.4, -0.2) is 21.6 Å². The summed E-state index contributed by atoms with van der Waals surface area (Å²) in [5, 5.41) is 3.59. The van der Waals surface area contributed by atoms with Gasteiger partial charge in [-0.25, -0.2) is 4.98 Å². The number of H-pyrrole nitrogens is 1. The van der Waals surface area contributed by atoms with Crippen LogP contribution in [0.15, 0.2) is 65.6 Å². The van der Waals surface area contributed by atoms with Gasteiger partial charge in [0.2, 0.25) is 5.95 Å². The Bertz CT molecular complexity index is 1170. The minimum atomic E-state index is -0.234. The summed E-state index contributed by atoms with van der Waals surface area (Å²) in [6.45, 7) is 4.58. The Balaban J connectivity index is 1.71. The predicted octanol–water partition coefficient (Wildman–Crippen LogP) is 4.44. The van der Waals surface area contributed by atoms with Crippen molar-refractivity contribution in [3.05, 3.63) is 76.7 Å². The van der Waals surface area contributed by atoms with Crippen LogP contribution in [0, 0.1) is 6.92 Å². The molecule has 0 spiro atoms. The van der Waals surface area contributed by atoms with Gasteiger partial charge in [0.05, 0.1) is 12.0 Å². The monoisotopic (exact) mass is 372 g/mol. The Morgan fingerprint density at radius 1 is 1.04 bits per heavy atom. The highest BCUT2D eigenvalue weighted by atomic mass is 16.5. The smallest absolute Gasteiger partial charge is 0.262 e. The van der Waals surface area contributed by atoms with Crippen LogP contribution in [0.1, 0.15) is 12.5 Å². The third kappa shape index (κ3) is 3.57. The molecule has 28 heavy (non-hydrogen) atoms. The van der Waals surface area contributed by atoms with Crippen molar-refractivity contribution in [2.24, 2.45) is 0 Å². The van der Waals surface area contributed by atoms with Crippen molar-refractivity contribution in [3.8, 4) is 16.9 Å². The quantitative estimate of drug-likeness (QED) is 0.541. The molecule has 2 aromatic carbocycles. The van der Waals surface area contributed by atoms with Crippen LogP contribution < -0.4 is 15.6 Å². The maximum Gasteiger partial charge on any atom is 0.262 e. The maximum atomic E-state index is 12.8. The van der Waals surface area contributed by atoms with Crippen LogP contribution >= 0.6 is 0 Å². The van der Waals surface area contributed by atoms with E-state index in [1.54, 1.807) is 6.20 Å². The van der Waals surface area contributed by atoms with E-state index in [-0.39, 0.29) is 5.56 Å². The van der Waals surface area contributed by atoms with Crippen molar-refractivity contribution >= 4 is 22.7 Å². The third-order valence-electron chi connectivity index (χ3n) is 4.40. The van der Waals surface area contributed by atoms with Gasteiger partial charge in [0.1, 0.15) is 5.75 Å². The first-order valence-electron chi connectivity index (χ1n) is 9.10. The number of aromatic amines is 1. The number of nitrogens with one attached hydrogen (secondary N) is 2. The molecule has 2 aromatic heterocycles. The number of anilines is 2. The number of fused-ring (bicyclic) bond motifs is 1. The van der Waals surface area contributed by atoms with Gasteiger partial charge in [0.25, 0.3) is 5.56 Å². The lowest BCUT2D eigenvalue weighted by molar-refractivity contribution is 0.340. The van der Waals surface area contributed by atoms with Gasteiger partial charge in [-0.1, -0.05) is 29.8 Å². The number of rotatable bonds is 5. The Morgan fingerprint density at radius 3 is 2.50 bits per heavy atom. The largest absolute Gasteiger partial charge is 0.494 e. The molecule has 2 N–H and O–H groups in total. The molecule has 0 aliphatic rings. The van der Waals surface area contributed by atoms with Gasteiger partial charge < -0.3 is 10.1 Å². The van der Waals surface area contributed by atoms with Crippen LogP contribution in [0.2, 0.25) is 0 Å². The Hall–Kier alpha value is -3.67. The zero-order chi connectivity index (χ0) is 19.5. The van der Waals surface area contributed by atoms with Crippen LogP contribution in [0.4, 0.5) is 11.6 Å². The molecule has 0 aliphatic carbocycles. The average Bonchev–Trinajstić information content (AvgIpc) is 2.70. The lowest BCUT2D eigenvalue weighted by atomic mass is 10.0. The first kappa shape index (κ1) is 17.7. The van der Waals surface area contributed by atoms with E-state index < -0.39 is 0 Å². The summed E-state index contributed by atoms with van der Waals surface area (Å²) in [6, 6.07) is 17.3. The molecule has 4 aromatic rings. The van der Waals surface area contributed by atoms with Crippen molar-refractivity contribution < 1.29 is 4.74 Å². The highest BCUT2D eigenvalue weighted by molar-refractivity contribution is 5.92. The molecular weight excluding hydrogens is 352 g/mol. The zero-order valence-corrected chi connectivity index (χ0v) is 15.7. The van der Waals surface area contributed by atoms with Gasteiger partial charge in [-0.2, -0.15) is 4.98 Å². The first-order valence-corrected chi connectivity index (χ1v) is 9.10. The topological polar surface area (TPSA) is 79.9 Å². The minimum absolute atomic E-state index is 0.234. The molecule has 2 heterocycles. The molecule has 0 unspecified atom stereocenters. The molecule has 0 fully saturated rings. The van der Waals surface area contributed by atoms with E-state index in [1.165, 1.54) is 0 Å². The van der Waals surface area contributed by atoms with Crippen LogP contribution in [0.3, 0.4) is 0 Å². The van der Waals surface area contributed by atoms with Crippen molar-refractivity contribution in [2.75, 3.05) is 11.9 Å². The zero-order valence-electron chi connectivity index (χ0n) is 15.7. The number of nitrogens with zero attached hydrogens (tertiary/aromatic N) is 2. The third-order valence-corrected chi connectivity index (χ3v) is 4.40. The number of ether oxygens (including phenoxy) is 1. The summed E-state index contributed by atoms with van der Waals surface area (Å²) >= 11 is 0. The van der Waals surface area contributed by atoms with E-state index in [1.807, 2.05) is 68.4 Å². The summed E-state index contributed by atoms with van der Waals surface area (Å²) in [7, 11) is 0. The normalized spacial score (nSPS) is 10.8. The Labute approximate surface area is 162 Å². The number of pyridine rings is 1. The second-order valence-corrected chi connectivity index (χ2v) is 6.42.